The molecular formula is C20H17ClN4O. The number of para-hydroxylation sites is 1. The predicted molar refractivity (Wildman–Crippen MR) is 103 cm³/mol. The Balaban J connectivity index is 1.59. The predicted octanol–water partition coefficient (Wildman–Crippen LogP) is 4.38. The fraction of sp³-hybridized carbons (Fsp3) is 0.150. The number of nitrogens with one attached hydrogen (secondary N) is 1. The van der Waals surface area contributed by atoms with Gasteiger partial charge in [0.05, 0.1) is 0 Å². The number of hydrogen-bond donors (Lipinski definition) is 1. The lowest BCUT2D eigenvalue weighted by Gasteiger charge is -2.18. The highest BCUT2D eigenvalue weighted by Crippen LogP contribution is 2.33. The van der Waals surface area contributed by atoms with Crippen molar-refractivity contribution >= 4 is 34.7 Å². The van der Waals surface area contributed by atoms with Gasteiger partial charge in [-0.25, -0.2) is 9.97 Å². The van der Waals surface area contributed by atoms with E-state index in [1.165, 1.54) is 11.9 Å². The molecule has 1 amide bonds. The summed E-state index contributed by atoms with van der Waals surface area (Å²) >= 11 is 5.97. The summed E-state index contributed by atoms with van der Waals surface area (Å²) in [6.07, 6.45) is 2.39. The van der Waals surface area contributed by atoms with Gasteiger partial charge in [-0.3, -0.25) is 4.79 Å². The van der Waals surface area contributed by atoms with Gasteiger partial charge in [0.1, 0.15) is 17.8 Å². The molecule has 0 radical (unpaired) electrons. The number of aromatic nitrogens is 2. The fourth-order valence-electron chi connectivity index (χ4n) is 3.15. The average molecular weight is 365 g/mol. The Morgan fingerprint density at radius 2 is 2.00 bits per heavy atom. The van der Waals surface area contributed by atoms with Gasteiger partial charge in [-0.2, -0.15) is 0 Å². The van der Waals surface area contributed by atoms with Crippen molar-refractivity contribution in [2.45, 2.75) is 13.3 Å². The molecular weight excluding hydrogens is 348 g/mol. The van der Waals surface area contributed by atoms with Gasteiger partial charge < -0.3 is 10.2 Å². The zero-order valence-corrected chi connectivity index (χ0v) is 15.0. The van der Waals surface area contributed by atoms with Gasteiger partial charge in [-0.15, -0.1) is 0 Å². The Morgan fingerprint density at radius 3 is 2.85 bits per heavy atom. The molecule has 0 atom stereocenters. The van der Waals surface area contributed by atoms with Crippen LogP contribution >= 0.6 is 11.6 Å². The highest BCUT2D eigenvalue weighted by Gasteiger charge is 2.22. The maximum absolute atomic E-state index is 12.6. The van der Waals surface area contributed by atoms with Crippen LogP contribution in [0, 0.1) is 6.92 Å². The number of fused-ring (bicyclic) bond motifs is 1. The molecule has 0 bridgehead atoms. The molecule has 130 valence electrons. The molecule has 1 aliphatic heterocycles. The van der Waals surface area contributed by atoms with Crippen LogP contribution < -0.4 is 10.2 Å². The van der Waals surface area contributed by atoms with E-state index in [4.69, 9.17) is 11.6 Å². The van der Waals surface area contributed by atoms with E-state index in [0.717, 1.165) is 30.0 Å². The number of hydrogen-bond acceptors (Lipinski definition) is 4. The van der Waals surface area contributed by atoms with Crippen molar-refractivity contribution in [1.82, 2.24) is 9.97 Å². The topological polar surface area (TPSA) is 58.1 Å². The van der Waals surface area contributed by atoms with Gasteiger partial charge in [0.25, 0.3) is 5.91 Å². The maximum Gasteiger partial charge on any atom is 0.274 e. The summed E-state index contributed by atoms with van der Waals surface area (Å²) in [4.78, 5) is 23.2. The lowest BCUT2D eigenvalue weighted by molar-refractivity contribution is 0.102. The molecule has 1 aliphatic rings. The zero-order valence-electron chi connectivity index (χ0n) is 14.2. The third kappa shape index (κ3) is 3.13. The zero-order chi connectivity index (χ0) is 18.1. The number of rotatable bonds is 3. The molecule has 0 unspecified atom stereocenters. The highest BCUT2D eigenvalue weighted by atomic mass is 35.5. The number of amides is 1. The second-order valence-corrected chi connectivity index (χ2v) is 6.64. The Bertz CT molecular complexity index is 989. The summed E-state index contributed by atoms with van der Waals surface area (Å²) in [5.41, 5.74) is 4.36. The Labute approximate surface area is 156 Å². The molecule has 4 rings (SSSR count). The first kappa shape index (κ1) is 16.5. The van der Waals surface area contributed by atoms with Crippen LogP contribution in [0.4, 0.5) is 17.2 Å². The monoisotopic (exact) mass is 364 g/mol. The summed E-state index contributed by atoms with van der Waals surface area (Å²) in [7, 11) is 0. The summed E-state index contributed by atoms with van der Waals surface area (Å²) in [5.74, 6) is 0.453. The Morgan fingerprint density at radius 1 is 1.15 bits per heavy atom. The summed E-state index contributed by atoms with van der Waals surface area (Å²) < 4.78 is 0. The number of carbonyl (C=O) groups excluding carboxylic acids is 1. The van der Waals surface area contributed by atoms with Crippen LogP contribution in [0.3, 0.4) is 0 Å². The van der Waals surface area contributed by atoms with Gasteiger partial charge in [0.15, 0.2) is 0 Å². The number of aryl methyl sites for hydroxylation is 1. The number of anilines is 3. The van der Waals surface area contributed by atoms with E-state index in [-0.39, 0.29) is 5.91 Å². The first-order valence-electron chi connectivity index (χ1n) is 8.37. The Hall–Kier alpha value is -2.92. The van der Waals surface area contributed by atoms with E-state index in [9.17, 15) is 4.79 Å². The first-order chi connectivity index (χ1) is 12.6. The second kappa shape index (κ2) is 6.77. The average Bonchev–Trinajstić information content (AvgIpc) is 3.08. The molecule has 0 aliphatic carbocycles. The minimum atomic E-state index is -0.272. The van der Waals surface area contributed by atoms with Crippen LogP contribution in [0.5, 0.6) is 0 Å². The summed E-state index contributed by atoms with van der Waals surface area (Å²) in [6.45, 7) is 2.74. The van der Waals surface area contributed by atoms with E-state index < -0.39 is 0 Å². The van der Waals surface area contributed by atoms with E-state index in [1.54, 1.807) is 18.2 Å². The molecule has 26 heavy (non-hydrogen) atoms. The SMILES string of the molecule is Cc1cc(Cl)ccc1NC(=O)c1cc(N2CCc3ccccc32)ncn1. The lowest BCUT2D eigenvalue weighted by Crippen LogP contribution is -2.18. The van der Waals surface area contributed by atoms with Crippen LogP contribution in [0.15, 0.2) is 54.9 Å². The van der Waals surface area contributed by atoms with Gasteiger partial charge in [0.2, 0.25) is 0 Å². The highest BCUT2D eigenvalue weighted by molar-refractivity contribution is 6.30. The number of halogens is 1. The molecule has 0 saturated heterocycles. The minimum absolute atomic E-state index is 0.272. The molecule has 0 fully saturated rings. The van der Waals surface area contributed by atoms with Crippen molar-refractivity contribution in [1.29, 1.82) is 0 Å². The third-order valence-corrected chi connectivity index (χ3v) is 4.72. The largest absolute Gasteiger partial charge is 0.326 e. The third-order valence-electron chi connectivity index (χ3n) is 4.49. The molecule has 2 aromatic carbocycles. The quantitative estimate of drug-likeness (QED) is 0.749. The molecule has 3 aromatic rings. The molecule has 2 heterocycles. The van der Waals surface area contributed by atoms with Crippen LogP contribution in [-0.4, -0.2) is 22.4 Å². The molecule has 0 saturated carbocycles. The van der Waals surface area contributed by atoms with Crippen LogP contribution in [0.2, 0.25) is 5.02 Å². The fourth-order valence-corrected chi connectivity index (χ4v) is 3.38. The second-order valence-electron chi connectivity index (χ2n) is 6.21. The summed E-state index contributed by atoms with van der Waals surface area (Å²) in [5, 5.41) is 3.52. The Kier molecular flexibility index (Phi) is 4.31. The normalized spacial score (nSPS) is 12.8. The minimum Gasteiger partial charge on any atom is -0.326 e. The van der Waals surface area contributed by atoms with Crippen molar-refractivity contribution in [3.05, 3.63) is 76.7 Å². The van der Waals surface area contributed by atoms with Gasteiger partial charge in [-0.1, -0.05) is 29.8 Å². The van der Waals surface area contributed by atoms with E-state index >= 15 is 0 Å². The van der Waals surface area contributed by atoms with Crippen molar-refractivity contribution in [3.63, 3.8) is 0 Å². The molecule has 1 N–H and O–H groups in total. The van der Waals surface area contributed by atoms with E-state index in [0.29, 0.717) is 16.4 Å². The summed E-state index contributed by atoms with van der Waals surface area (Å²) in [6, 6.07) is 15.3. The van der Waals surface area contributed by atoms with Crippen LogP contribution in [0.1, 0.15) is 21.6 Å². The van der Waals surface area contributed by atoms with Gasteiger partial charge in [-0.05, 0) is 48.7 Å². The van der Waals surface area contributed by atoms with E-state index in [2.05, 4.69) is 32.3 Å². The standard InChI is InChI=1S/C20H17ClN4O/c1-13-10-15(21)6-7-16(13)24-20(26)17-11-19(23-12-22-17)25-9-8-14-4-2-3-5-18(14)25/h2-7,10-12H,8-9H2,1H3,(H,24,26). The van der Waals surface area contributed by atoms with Crippen LogP contribution in [0.25, 0.3) is 0 Å². The molecule has 6 heteroatoms. The van der Waals surface area contributed by atoms with Crippen LogP contribution in [-0.2, 0) is 6.42 Å². The van der Waals surface area contributed by atoms with Crippen molar-refractivity contribution in [2.24, 2.45) is 0 Å². The van der Waals surface area contributed by atoms with Gasteiger partial charge >= 0.3 is 0 Å². The molecule has 0 spiro atoms. The number of carbonyl (C=O) groups is 1. The maximum atomic E-state index is 12.6. The molecule has 5 nitrogen and oxygen atoms in total. The number of benzene rings is 2. The number of nitrogens with zero attached hydrogens (tertiary/aromatic N) is 3. The lowest BCUT2D eigenvalue weighted by atomic mass is 10.2. The first-order valence-corrected chi connectivity index (χ1v) is 8.74. The smallest absolute Gasteiger partial charge is 0.274 e. The van der Waals surface area contributed by atoms with Crippen molar-refractivity contribution in [2.75, 3.05) is 16.8 Å². The van der Waals surface area contributed by atoms with E-state index in [1.807, 2.05) is 25.1 Å². The van der Waals surface area contributed by atoms with Crippen molar-refractivity contribution in [3.8, 4) is 0 Å². The van der Waals surface area contributed by atoms with Gasteiger partial charge in [0, 0.05) is 29.0 Å². The van der Waals surface area contributed by atoms with Crippen molar-refractivity contribution < 1.29 is 4.79 Å². The molecule has 1 aromatic heterocycles.